The van der Waals surface area contributed by atoms with Crippen molar-refractivity contribution in [3.63, 3.8) is 0 Å². The van der Waals surface area contributed by atoms with Gasteiger partial charge in [-0.2, -0.15) is 0 Å². The summed E-state index contributed by atoms with van der Waals surface area (Å²) in [6.45, 7) is 3.92. The van der Waals surface area contributed by atoms with Gasteiger partial charge in [-0.1, -0.05) is 12.1 Å². The van der Waals surface area contributed by atoms with Gasteiger partial charge in [0.2, 0.25) is 0 Å². The van der Waals surface area contributed by atoms with Crippen molar-refractivity contribution in [2.45, 2.75) is 26.4 Å². The van der Waals surface area contributed by atoms with Crippen molar-refractivity contribution in [1.29, 1.82) is 0 Å². The van der Waals surface area contributed by atoms with Crippen LogP contribution >= 0.6 is 0 Å². The summed E-state index contributed by atoms with van der Waals surface area (Å²) in [4.78, 5) is 22.3. The zero-order valence-electron chi connectivity index (χ0n) is 12.5. The number of aliphatic carboxylic acids is 1. The first-order valence-electron chi connectivity index (χ1n) is 6.64. The van der Waals surface area contributed by atoms with E-state index in [9.17, 15) is 9.59 Å². The van der Waals surface area contributed by atoms with Crippen LogP contribution in [0.15, 0.2) is 18.2 Å². The number of nitrogens with one attached hydrogen (secondary N) is 1. The SMILES string of the molecule is COC(CNC(=O)COc1cccc(C)c1C)CC(=O)O. The van der Waals surface area contributed by atoms with Gasteiger partial charge in [0, 0.05) is 13.7 Å². The van der Waals surface area contributed by atoms with E-state index in [0.29, 0.717) is 5.75 Å². The molecule has 0 radical (unpaired) electrons. The Balaban J connectivity index is 2.40. The van der Waals surface area contributed by atoms with Crippen LogP contribution in [0.5, 0.6) is 5.75 Å². The molecule has 6 heteroatoms. The largest absolute Gasteiger partial charge is 0.483 e. The van der Waals surface area contributed by atoms with Crippen molar-refractivity contribution < 1.29 is 24.2 Å². The van der Waals surface area contributed by atoms with E-state index in [1.807, 2.05) is 26.0 Å². The molecule has 2 N–H and O–H groups in total. The van der Waals surface area contributed by atoms with Crippen LogP contribution in [0.1, 0.15) is 17.5 Å². The van der Waals surface area contributed by atoms with Crippen LogP contribution < -0.4 is 10.1 Å². The predicted octanol–water partition coefficient (Wildman–Crippen LogP) is 1.29. The Morgan fingerprint density at radius 3 is 2.67 bits per heavy atom. The minimum atomic E-state index is -0.970. The molecular formula is C15H21NO5. The molecule has 0 aromatic heterocycles. The van der Waals surface area contributed by atoms with Gasteiger partial charge < -0.3 is 19.9 Å². The standard InChI is InChI=1S/C15H21NO5/c1-10-5-4-6-13(11(10)2)21-9-14(17)16-8-12(20-3)7-15(18)19/h4-6,12H,7-9H2,1-3H3,(H,16,17)(H,18,19). The molecule has 21 heavy (non-hydrogen) atoms. The molecule has 0 bridgehead atoms. The highest BCUT2D eigenvalue weighted by molar-refractivity contribution is 5.77. The Labute approximate surface area is 124 Å². The van der Waals surface area contributed by atoms with E-state index in [4.69, 9.17) is 14.6 Å². The summed E-state index contributed by atoms with van der Waals surface area (Å²) < 4.78 is 10.4. The lowest BCUT2D eigenvalue weighted by atomic mass is 10.1. The number of methoxy groups -OCH3 is 1. The van der Waals surface area contributed by atoms with E-state index < -0.39 is 12.1 Å². The molecule has 1 atom stereocenters. The third-order valence-corrected chi connectivity index (χ3v) is 3.18. The lowest BCUT2D eigenvalue weighted by Gasteiger charge is -2.15. The maximum Gasteiger partial charge on any atom is 0.306 e. The first-order chi connectivity index (χ1) is 9.93. The second-order valence-corrected chi connectivity index (χ2v) is 4.75. The molecule has 0 aliphatic carbocycles. The molecule has 0 aliphatic rings. The van der Waals surface area contributed by atoms with Gasteiger partial charge in [0.05, 0.1) is 12.5 Å². The quantitative estimate of drug-likeness (QED) is 0.755. The van der Waals surface area contributed by atoms with Crippen LogP contribution in [-0.2, 0) is 14.3 Å². The topological polar surface area (TPSA) is 84.9 Å². The maximum atomic E-state index is 11.7. The highest BCUT2D eigenvalue weighted by Gasteiger charge is 2.14. The van der Waals surface area contributed by atoms with Crippen molar-refractivity contribution in [2.75, 3.05) is 20.3 Å². The number of hydrogen-bond acceptors (Lipinski definition) is 4. The molecule has 0 heterocycles. The molecule has 0 spiro atoms. The van der Waals surface area contributed by atoms with Gasteiger partial charge >= 0.3 is 5.97 Å². The molecule has 0 saturated carbocycles. The third kappa shape index (κ3) is 5.83. The van der Waals surface area contributed by atoms with Crippen molar-refractivity contribution in [3.05, 3.63) is 29.3 Å². The lowest BCUT2D eigenvalue weighted by Crippen LogP contribution is -2.37. The van der Waals surface area contributed by atoms with Crippen LogP contribution in [0.2, 0.25) is 0 Å². The summed E-state index contributed by atoms with van der Waals surface area (Å²) in [6.07, 6.45) is -0.707. The summed E-state index contributed by atoms with van der Waals surface area (Å²) in [6, 6.07) is 5.64. The molecule has 1 aromatic rings. The van der Waals surface area contributed by atoms with E-state index in [1.54, 1.807) is 6.07 Å². The number of rotatable bonds is 8. The smallest absolute Gasteiger partial charge is 0.306 e. The molecule has 1 amide bonds. The molecule has 1 rings (SSSR count). The predicted molar refractivity (Wildman–Crippen MR) is 77.5 cm³/mol. The van der Waals surface area contributed by atoms with Gasteiger partial charge in [0.1, 0.15) is 5.75 Å². The summed E-state index contributed by atoms with van der Waals surface area (Å²) in [5.41, 5.74) is 2.08. The van der Waals surface area contributed by atoms with Crippen LogP contribution in [0.3, 0.4) is 0 Å². The van der Waals surface area contributed by atoms with Crippen LogP contribution in [0, 0.1) is 13.8 Å². The van der Waals surface area contributed by atoms with Gasteiger partial charge in [-0.05, 0) is 31.0 Å². The minimum absolute atomic E-state index is 0.117. The number of benzene rings is 1. The Morgan fingerprint density at radius 1 is 1.33 bits per heavy atom. The van der Waals surface area contributed by atoms with Crippen LogP contribution in [-0.4, -0.2) is 43.3 Å². The molecule has 0 saturated heterocycles. The van der Waals surface area contributed by atoms with Crippen molar-refractivity contribution in [2.24, 2.45) is 0 Å². The van der Waals surface area contributed by atoms with E-state index in [2.05, 4.69) is 5.32 Å². The molecule has 0 fully saturated rings. The van der Waals surface area contributed by atoms with Gasteiger partial charge in [-0.15, -0.1) is 0 Å². The van der Waals surface area contributed by atoms with E-state index in [-0.39, 0.29) is 25.5 Å². The normalized spacial score (nSPS) is 11.8. The van der Waals surface area contributed by atoms with Gasteiger partial charge in [0.25, 0.3) is 5.91 Å². The monoisotopic (exact) mass is 295 g/mol. The molecular weight excluding hydrogens is 274 g/mol. The fourth-order valence-electron chi connectivity index (χ4n) is 1.74. The molecule has 116 valence electrons. The fraction of sp³-hybridized carbons (Fsp3) is 0.467. The Bertz CT molecular complexity index is 501. The van der Waals surface area contributed by atoms with Crippen LogP contribution in [0.4, 0.5) is 0 Å². The number of carbonyl (C=O) groups excluding carboxylic acids is 1. The third-order valence-electron chi connectivity index (χ3n) is 3.18. The zero-order valence-corrected chi connectivity index (χ0v) is 12.5. The zero-order chi connectivity index (χ0) is 15.8. The average molecular weight is 295 g/mol. The number of carboxylic acids is 1. The second-order valence-electron chi connectivity index (χ2n) is 4.75. The minimum Gasteiger partial charge on any atom is -0.483 e. The van der Waals surface area contributed by atoms with Gasteiger partial charge in [0.15, 0.2) is 6.61 Å². The van der Waals surface area contributed by atoms with Crippen LogP contribution in [0.25, 0.3) is 0 Å². The highest BCUT2D eigenvalue weighted by atomic mass is 16.5. The Hall–Kier alpha value is -2.08. The van der Waals surface area contributed by atoms with E-state index in [0.717, 1.165) is 11.1 Å². The summed E-state index contributed by atoms with van der Waals surface area (Å²) in [5, 5.41) is 11.3. The van der Waals surface area contributed by atoms with E-state index >= 15 is 0 Å². The van der Waals surface area contributed by atoms with E-state index in [1.165, 1.54) is 7.11 Å². The first kappa shape index (κ1) is 17.0. The van der Waals surface area contributed by atoms with Gasteiger partial charge in [-0.25, -0.2) is 0 Å². The molecule has 0 aliphatic heterocycles. The summed E-state index contributed by atoms with van der Waals surface area (Å²) >= 11 is 0. The van der Waals surface area contributed by atoms with Crippen molar-refractivity contribution in [1.82, 2.24) is 5.32 Å². The molecule has 6 nitrogen and oxygen atoms in total. The number of carboxylic acid groups (broad SMARTS) is 1. The van der Waals surface area contributed by atoms with Crippen molar-refractivity contribution >= 4 is 11.9 Å². The maximum absolute atomic E-state index is 11.7. The fourth-order valence-corrected chi connectivity index (χ4v) is 1.74. The number of aryl methyl sites for hydroxylation is 1. The lowest BCUT2D eigenvalue weighted by molar-refractivity contribution is -0.140. The molecule has 1 aromatic carbocycles. The summed E-state index contributed by atoms with van der Waals surface area (Å²) in [7, 11) is 1.41. The Morgan fingerprint density at radius 2 is 2.05 bits per heavy atom. The molecule has 1 unspecified atom stereocenters. The number of hydrogen-bond donors (Lipinski definition) is 2. The first-order valence-corrected chi connectivity index (χ1v) is 6.64. The average Bonchev–Trinajstić information content (AvgIpc) is 2.44. The Kier molecular flexibility index (Phi) is 6.68. The number of amides is 1. The second kappa shape index (κ2) is 8.26. The number of ether oxygens (including phenoxy) is 2. The highest BCUT2D eigenvalue weighted by Crippen LogP contribution is 2.20. The summed E-state index contributed by atoms with van der Waals surface area (Å²) in [5.74, 6) is -0.620. The number of carbonyl (C=O) groups is 2. The van der Waals surface area contributed by atoms with Gasteiger partial charge in [-0.3, -0.25) is 9.59 Å². The van der Waals surface area contributed by atoms with Crippen molar-refractivity contribution in [3.8, 4) is 5.75 Å².